The third-order valence-corrected chi connectivity index (χ3v) is 3.11. The van der Waals surface area contributed by atoms with Gasteiger partial charge in [-0.15, -0.1) is 0 Å². The number of rotatable bonds is 1. The molecule has 0 amide bonds. The van der Waals surface area contributed by atoms with Gasteiger partial charge in [-0.2, -0.15) is 0 Å². The molecule has 0 radical (unpaired) electrons. The van der Waals surface area contributed by atoms with Crippen molar-refractivity contribution in [2.24, 2.45) is 5.41 Å². The second-order valence-corrected chi connectivity index (χ2v) is 4.82. The Morgan fingerprint density at radius 2 is 1.87 bits per heavy atom. The van der Waals surface area contributed by atoms with E-state index < -0.39 is 0 Å². The van der Waals surface area contributed by atoms with Crippen LogP contribution in [0.5, 0.6) is 0 Å². The predicted molar refractivity (Wildman–Crippen MR) is 59.5 cm³/mol. The third-order valence-electron chi connectivity index (χ3n) is 3.11. The van der Waals surface area contributed by atoms with Gasteiger partial charge in [0, 0.05) is 11.0 Å². The Hall–Kier alpha value is -0.860. The van der Waals surface area contributed by atoms with Crippen LogP contribution in [0, 0.1) is 5.41 Å². The molecule has 1 aromatic rings. The molecule has 0 saturated carbocycles. The number of ether oxygens (including phenoxy) is 2. The molecule has 0 aliphatic carbocycles. The standard InChI is InChI=1S/C13H18O2/c1-10-13(2,3)9-14-12(15-10)11-7-5-4-6-8-11/h4-8,10,12H,9H2,1-3H3. The molecule has 1 heterocycles. The first-order valence-corrected chi connectivity index (χ1v) is 5.41. The predicted octanol–water partition coefficient (Wildman–Crippen LogP) is 3.15. The largest absolute Gasteiger partial charge is 0.348 e. The van der Waals surface area contributed by atoms with Gasteiger partial charge in [0.15, 0.2) is 6.29 Å². The van der Waals surface area contributed by atoms with Gasteiger partial charge in [-0.3, -0.25) is 0 Å². The Bertz CT molecular complexity index is 319. The van der Waals surface area contributed by atoms with E-state index in [1.807, 2.05) is 30.3 Å². The maximum Gasteiger partial charge on any atom is 0.184 e. The van der Waals surface area contributed by atoms with Gasteiger partial charge >= 0.3 is 0 Å². The molecule has 2 heteroatoms. The van der Waals surface area contributed by atoms with Gasteiger partial charge in [0.25, 0.3) is 0 Å². The van der Waals surface area contributed by atoms with E-state index in [9.17, 15) is 0 Å². The molecule has 2 nitrogen and oxygen atoms in total. The molecule has 1 aliphatic heterocycles. The quantitative estimate of drug-likeness (QED) is 0.702. The summed E-state index contributed by atoms with van der Waals surface area (Å²) in [6, 6.07) is 10.1. The molecule has 15 heavy (non-hydrogen) atoms. The van der Waals surface area contributed by atoms with Crippen molar-refractivity contribution in [1.29, 1.82) is 0 Å². The lowest BCUT2D eigenvalue weighted by Gasteiger charge is -2.40. The smallest absolute Gasteiger partial charge is 0.184 e. The highest BCUT2D eigenvalue weighted by Gasteiger charge is 2.35. The molecule has 1 saturated heterocycles. The SMILES string of the molecule is CC1OC(c2ccccc2)OCC1(C)C. The monoisotopic (exact) mass is 206 g/mol. The maximum absolute atomic E-state index is 5.87. The zero-order chi connectivity index (χ0) is 10.9. The van der Waals surface area contributed by atoms with Crippen molar-refractivity contribution in [2.45, 2.75) is 33.2 Å². The first-order valence-electron chi connectivity index (χ1n) is 5.41. The van der Waals surface area contributed by atoms with Gasteiger partial charge < -0.3 is 9.47 Å². The van der Waals surface area contributed by atoms with E-state index in [1.54, 1.807) is 0 Å². The Morgan fingerprint density at radius 1 is 1.20 bits per heavy atom. The van der Waals surface area contributed by atoms with Crippen LogP contribution in [0.1, 0.15) is 32.6 Å². The Kier molecular flexibility index (Phi) is 2.81. The molecule has 0 aromatic heterocycles. The molecule has 2 atom stereocenters. The Labute approximate surface area is 91.2 Å². The summed E-state index contributed by atoms with van der Waals surface area (Å²) in [4.78, 5) is 0. The average Bonchev–Trinajstić information content (AvgIpc) is 2.23. The Balaban J connectivity index is 2.10. The summed E-state index contributed by atoms with van der Waals surface area (Å²) in [7, 11) is 0. The van der Waals surface area contributed by atoms with E-state index in [2.05, 4.69) is 20.8 Å². The molecule has 0 bridgehead atoms. The van der Waals surface area contributed by atoms with Gasteiger partial charge in [0.05, 0.1) is 12.7 Å². The van der Waals surface area contributed by atoms with Crippen molar-refractivity contribution in [3.8, 4) is 0 Å². The second-order valence-electron chi connectivity index (χ2n) is 4.82. The van der Waals surface area contributed by atoms with E-state index in [0.29, 0.717) is 0 Å². The fourth-order valence-electron chi connectivity index (χ4n) is 1.60. The summed E-state index contributed by atoms with van der Waals surface area (Å²) in [5, 5.41) is 0. The first-order chi connectivity index (χ1) is 7.09. The van der Waals surface area contributed by atoms with Crippen molar-refractivity contribution in [2.75, 3.05) is 6.61 Å². The number of hydrogen-bond donors (Lipinski definition) is 0. The van der Waals surface area contributed by atoms with Crippen molar-refractivity contribution < 1.29 is 9.47 Å². The van der Waals surface area contributed by atoms with Crippen LogP contribution in [-0.2, 0) is 9.47 Å². The minimum Gasteiger partial charge on any atom is -0.348 e. The summed E-state index contributed by atoms with van der Waals surface area (Å²) >= 11 is 0. The van der Waals surface area contributed by atoms with Crippen molar-refractivity contribution in [1.82, 2.24) is 0 Å². The lowest BCUT2D eigenvalue weighted by molar-refractivity contribution is -0.259. The molecule has 2 unspecified atom stereocenters. The molecule has 0 N–H and O–H groups in total. The second kappa shape index (κ2) is 3.95. The maximum atomic E-state index is 5.87. The minimum absolute atomic E-state index is 0.102. The van der Waals surface area contributed by atoms with Gasteiger partial charge in [0.1, 0.15) is 0 Å². The molecular formula is C13H18O2. The summed E-state index contributed by atoms with van der Waals surface area (Å²) in [5.74, 6) is 0. The molecular weight excluding hydrogens is 188 g/mol. The van der Waals surface area contributed by atoms with E-state index in [-0.39, 0.29) is 17.8 Å². The van der Waals surface area contributed by atoms with Crippen LogP contribution in [0.4, 0.5) is 0 Å². The van der Waals surface area contributed by atoms with Gasteiger partial charge in [-0.1, -0.05) is 44.2 Å². The van der Waals surface area contributed by atoms with Gasteiger partial charge in [0.2, 0.25) is 0 Å². The fraction of sp³-hybridized carbons (Fsp3) is 0.538. The minimum atomic E-state index is -0.200. The molecule has 1 aliphatic rings. The zero-order valence-electron chi connectivity index (χ0n) is 9.57. The molecule has 1 aromatic carbocycles. The molecule has 82 valence electrons. The van der Waals surface area contributed by atoms with Crippen LogP contribution in [0.2, 0.25) is 0 Å². The van der Waals surface area contributed by atoms with Crippen LogP contribution >= 0.6 is 0 Å². The highest BCUT2D eigenvalue weighted by atomic mass is 16.7. The average molecular weight is 206 g/mol. The van der Waals surface area contributed by atoms with E-state index in [4.69, 9.17) is 9.47 Å². The number of hydrogen-bond acceptors (Lipinski definition) is 2. The summed E-state index contributed by atoms with van der Waals surface area (Å²) in [6.07, 6.45) is 0.0191. The third kappa shape index (κ3) is 2.21. The highest BCUT2D eigenvalue weighted by molar-refractivity contribution is 5.16. The topological polar surface area (TPSA) is 18.5 Å². The first kappa shape index (κ1) is 10.7. The van der Waals surface area contributed by atoms with Crippen molar-refractivity contribution in [3.05, 3.63) is 35.9 Å². The normalized spacial score (nSPS) is 30.1. The molecule has 0 spiro atoms. The summed E-state index contributed by atoms with van der Waals surface area (Å²) < 4.78 is 11.6. The van der Waals surface area contributed by atoms with Gasteiger partial charge in [-0.05, 0) is 6.92 Å². The van der Waals surface area contributed by atoms with Crippen molar-refractivity contribution >= 4 is 0 Å². The lowest BCUT2D eigenvalue weighted by atomic mass is 9.87. The van der Waals surface area contributed by atoms with E-state index in [0.717, 1.165) is 12.2 Å². The van der Waals surface area contributed by atoms with Crippen LogP contribution in [0.25, 0.3) is 0 Å². The molecule has 2 rings (SSSR count). The highest BCUT2D eigenvalue weighted by Crippen LogP contribution is 2.35. The fourth-order valence-corrected chi connectivity index (χ4v) is 1.60. The molecule has 1 fully saturated rings. The van der Waals surface area contributed by atoms with E-state index >= 15 is 0 Å². The Morgan fingerprint density at radius 3 is 2.47 bits per heavy atom. The summed E-state index contributed by atoms with van der Waals surface area (Å²) in [6.45, 7) is 7.18. The van der Waals surface area contributed by atoms with Gasteiger partial charge in [-0.25, -0.2) is 0 Å². The summed E-state index contributed by atoms with van der Waals surface area (Å²) in [5.41, 5.74) is 1.20. The van der Waals surface area contributed by atoms with Crippen molar-refractivity contribution in [3.63, 3.8) is 0 Å². The zero-order valence-corrected chi connectivity index (χ0v) is 9.57. The van der Waals surface area contributed by atoms with Crippen LogP contribution in [0.3, 0.4) is 0 Å². The number of benzene rings is 1. The lowest BCUT2D eigenvalue weighted by Crippen LogP contribution is -2.40. The van der Waals surface area contributed by atoms with Crippen LogP contribution < -0.4 is 0 Å². The van der Waals surface area contributed by atoms with Crippen LogP contribution in [0.15, 0.2) is 30.3 Å². The van der Waals surface area contributed by atoms with Crippen LogP contribution in [-0.4, -0.2) is 12.7 Å². The van der Waals surface area contributed by atoms with E-state index in [1.165, 1.54) is 0 Å².